The normalized spacial score (nSPS) is 10.7. The van der Waals surface area contributed by atoms with Gasteiger partial charge in [0, 0.05) is 5.56 Å². The summed E-state index contributed by atoms with van der Waals surface area (Å²) in [6.45, 7) is 6.02. The Morgan fingerprint density at radius 3 is 2.73 bits per heavy atom. The minimum atomic E-state index is -0.106. The Morgan fingerprint density at radius 1 is 1.23 bits per heavy atom. The van der Waals surface area contributed by atoms with Crippen LogP contribution in [0, 0.1) is 20.8 Å². The zero-order valence-corrected chi connectivity index (χ0v) is 13.5. The van der Waals surface area contributed by atoms with Gasteiger partial charge in [-0.3, -0.25) is 9.89 Å². The highest BCUT2D eigenvalue weighted by atomic mass is 32.1. The Balaban J connectivity index is 1.99. The number of thiophene rings is 1. The van der Waals surface area contributed by atoms with Crippen molar-refractivity contribution in [2.24, 2.45) is 0 Å². The molecule has 2 aromatic heterocycles. The van der Waals surface area contributed by atoms with E-state index in [1.165, 1.54) is 16.9 Å². The third kappa shape index (κ3) is 2.67. The fourth-order valence-corrected chi connectivity index (χ4v) is 3.06. The molecule has 0 radical (unpaired) electrons. The van der Waals surface area contributed by atoms with E-state index in [1.807, 2.05) is 30.5 Å². The lowest BCUT2D eigenvalue weighted by Gasteiger charge is -2.09. The Hall–Kier alpha value is -2.40. The molecule has 0 saturated carbocycles. The van der Waals surface area contributed by atoms with E-state index in [2.05, 4.69) is 41.5 Å². The summed E-state index contributed by atoms with van der Waals surface area (Å²) in [6.07, 6.45) is 0. The molecule has 22 heavy (non-hydrogen) atoms. The van der Waals surface area contributed by atoms with E-state index in [0.717, 1.165) is 28.2 Å². The van der Waals surface area contributed by atoms with Gasteiger partial charge in [-0.2, -0.15) is 5.10 Å². The third-order valence-corrected chi connectivity index (χ3v) is 4.44. The van der Waals surface area contributed by atoms with Gasteiger partial charge in [0.2, 0.25) is 0 Å². The summed E-state index contributed by atoms with van der Waals surface area (Å²) < 4.78 is 0. The summed E-state index contributed by atoms with van der Waals surface area (Å²) in [7, 11) is 0. The number of hydrogen-bond acceptors (Lipinski definition) is 3. The monoisotopic (exact) mass is 311 g/mol. The average molecular weight is 311 g/mol. The Kier molecular flexibility index (Phi) is 3.81. The Morgan fingerprint density at radius 2 is 2.05 bits per heavy atom. The van der Waals surface area contributed by atoms with E-state index in [4.69, 9.17) is 0 Å². The second kappa shape index (κ2) is 5.77. The highest BCUT2D eigenvalue weighted by molar-refractivity contribution is 7.12. The highest BCUT2D eigenvalue weighted by Crippen LogP contribution is 2.31. The van der Waals surface area contributed by atoms with Crippen molar-refractivity contribution < 1.29 is 4.79 Å². The first-order chi connectivity index (χ1) is 10.6. The molecular formula is C17H17N3OS. The molecule has 112 valence electrons. The van der Waals surface area contributed by atoms with E-state index in [-0.39, 0.29) is 5.91 Å². The fourth-order valence-electron chi connectivity index (χ4n) is 2.44. The molecule has 0 aliphatic rings. The molecule has 3 rings (SSSR count). The van der Waals surface area contributed by atoms with Crippen molar-refractivity contribution >= 4 is 22.9 Å². The average Bonchev–Trinajstić information content (AvgIpc) is 3.11. The number of aryl methyl sites for hydroxylation is 3. The summed E-state index contributed by atoms with van der Waals surface area (Å²) >= 11 is 1.42. The Labute approximate surface area is 133 Å². The maximum absolute atomic E-state index is 12.3. The molecule has 0 saturated heterocycles. The lowest BCUT2D eigenvalue weighted by atomic mass is 10.0. The number of amides is 1. The SMILES string of the molecule is Cc1ccc(-c2n[nH]c(C)c2NC(=O)c2cccs2)c(C)c1. The number of H-pyrrole nitrogens is 1. The van der Waals surface area contributed by atoms with Crippen molar-refractivity contribution in [1.82, 2.24) is 10.2 Å². The van der Waals surface area contributed by atoms with Crippen LogP contribution in [0.5, 0.6) is 0 Å². The van der Waals surface area contributed by atoms with Crippen molar-refractivity contribution in [3.05, 3.63) is 57.4 Å². The molecule has 0 fully saturated rings. The number of nitrogens with one attached hydrogen (secondary N) is 2. The van der Waals surface area contributed by atoms with Crippen LogP contribution in [0.25, 0.3) is 11.3 Å². The van der Waals surface area contributed by atoms with Crippen LogP contribution >= 0.6 is 11.3 Å². The second-order valence-corrected chi connectivity index (χ2v) is 6.27. The topological polar surface area (TPSA) is 57.8 Å². The fraction of sp³-hybridized carbons (Fsp3) is 0.176. The largest absolute Gasteiger partial charge is 0.318 e. The minimum Gasteiger partial charge on any atom is -0.318 e. The van der Waals surface area contributed by atoms with Crippen molar-refractivity contribution in [2.75, 3.05) is 5.32 Å². The van der Waals surface area contributed by atoms with Gasteiger partial charge in [0.1, 0.15) is 5.69 Å². The number of aromatic amines is 1. The number of nitrogens with zero attached hydrogens (tertiary/aromatic N) is 1. The highest BCUT2D eigenvalue weighted by Gasteiger charge is 2.17. The van der Waals surface area contributed by atoms with Crippen LogP contribution in [0.2, 0.25) is 0 Å². The summed E-state index contributed by atoms with van der Waals surface area (Å²) in [5.74, 6) is -0.106. The van der Waals surface area contributed by atoms with Gasteiger partial charge < -0.3 is 5.32 Å². The van der Waals surface area contributed by atoms with Gasteiger partial charge in [-0.25, -0.2) is 0 Å². The zero-order valence-electron chi connectivity index (χ0n) is 12.7. The molecule has 3 aromatic rings. The molecule has 0 aliphatic carbocycles. The molecule has 0 aliphatic heterocycles. The van der Waals surface area contributed by atoms with Gasteiger partial charge in [0.15, 0.2) is 0 Å². The van der Waals surface area contributed by atoms with Crippen molar-refractivity contribution in [1.29, 1.82) is 0 Å². The van der Waals surface area contributed by atoms with E-state index in [0.29, 0.717) is 4.88 Å². The summed E-state index contributed by atoms with van der Waals surface area (Å²) in [6, 6.07) is 9.89. The molecule has 0 atom stereocenters. The number of aromatic nitrogens is 2. The van der Waals surface area contributed by atoms with Crippen LogP contribution in [0.1, 0.15) is 26.5 Å². The van der Waals surface area contributed by atoms with Gasteiger partial charge >= 0.3 is 0 Å². The van der Waals surface area contributed by atoms with E-state index in [1.54, 1.807) is 0 Å². The maximum atomic E-state index is 12.3. The minimum absolute atomic E-state index is 0.106. The molecule has 2 heterocycles. The van der Waals surface area contributed by atoms with Crippen molar-refractivity contribution in [2.45, 2.75) is 20.8 Å². The lowest BCUT2D eigenvalue weighted by Crippen LogP contribution is -2.11. The van der Waals surface area contributed by atoms with Crippen LogP contribution in [0.15, 0.2) is 35.7 Å². The smallest absolute Gasteiger partial charge is 0.265 e. The van der Waals surface area contributed by atoms with Crippen LogP contribution in [-0.4, -0.2) is 16.1 Å². The number of rotatable bonds is 3. The number of carbonyl (C=O) groups is 1. The van der Waals surface area contributed by atoms with Gasteiger partial charge in [-0.15, -0.1) is 11.3 Å². The number of anilines is 1. The maximum Gasteiger partial charge on any atom is 0.265 e. The van der Waals surface area contributed by atoms with Crippen molar-refractivity contribution in [3.63, 3.8) is 0 Å². The quantitative estimate of drug-likeness (QED) is 0.757. The molecule has 0 spiro atoms. The summed E-state index contributed by atoms with van der Waals surface area (Å²) in [5, 5.41) is 12.2. The third-order valence-electron chi connectivity index (χ3n) is 3.57. The standard InChI is InChI=1S/C17H17N3OS/c1-10-6-7-13(11(2)9-10)16-15(12(3)19-20-16)18-17(21)14-5-4-8-22-14/h4-9H,1-3H3,(H,18,21)(H,19,20). The predicted molar refractivity (Wildman–Crippen MR) is 90.5 cm³/mol. The predicted octanol–water partition coefficient (Wildman–Crippen LogP) is 4.32. The summed E-state index contributed by atoms with van der Waals surface area (Å²) in [4.78, 5) is 13.0. The van der Waals surface area contributed by atoms with E-state index >= 15 is 0 Å². The van der Waals surface area contributed by atoms with E-state index in [9.17, 15) is 4.79 Å². The molecule has 5 heteroatoms. The number of benzene rings is 1. The van der Waals surface area contributed by atoms with Crippen LogP contribution in [0.4, 0.5) is 5.69 Å². The van der Waals surface area contributed by atoms with Gasteiger partial charge in [0.05, 0.1) is 16.3 Å². The second-order valence-electron chi connectivity index (χ2n) is 5.32. The van der Waals surface area contributed by atoms with Crippen LogP contribution in [0.3, 0.4) is 0 Å². The molecule has 2 N–H and O–H groups in total. The van der Waals surface area contributed by atoms with Crippen LogP contribution in [-0.2, 0) is 0 Å². The molecule has 1 aromatic carbocycles. The molecular weight excluding hydrogens is 294 g/mol. The first kappa shape index (κ1) is 14.5. The molecule has 0 bridgehead atoms. The number of hydrogen-bond donors (Lipinski definition) is 2. The van der Waals surface area contributed by atoms with E-state index < -0.39 is 0 Å². The Bertz CT molecular complexity index is 819. The lowest BCUT2D eigenvalue weighted by molar-refractivity contribution is 0.103. The van der Waals surface area contributed by atoms with Gasteiger partial charge in [-0.05, 0) is 37.8 Å². The van der Waals surface area contributed by atoms with Gasteiger partial charge in [0.25, 0.3) is 5.91 Å². The first-order valence-electron chi connectivity index (χ1n) is 7.03. The number of carbonyl (C=O) groups excluding carboxylic acids is 1. The first-order valence-corrected chi connectivity index (χ1v) is 7.91. The zero-order chi connectivity index (χ0) is 15.7. The molecule has 1 amide bonds. The van der Waals surface area contributed by atoms with Crippen LogP contribution < -0.4 is 5.32 Å². The van der Waals surface area contributed by atoms with Gasteiger partial charge in [-0.1, -0.05) is 29.8 Å². The molecule has 4 nitrogen and oxygen atoms in total. The van der Waals surface area contributed by atoms with Crippen molar-refractivity contribution in [3.8, 4) is 11.3 Å². The summed E-state index contributed by atoms with van der Waals surface area (Å²) in [5.41, 5.74) is 5.73. The molecule has 0 unspecified atom stereocenters.